The van der Waals surface area contributed by atoms with E-state index in [0.29, 0.717) is 35.0 Å². The molecule has 0 unspecified atom stereocenters. The molecule has 2 aromatic rings. The molecule has 1 heterocycles. The lowest BCUT2D eigenvalue weighted by Crippen LogP contribution is -2.43. The SMILES string of the molecule is CCCC[Si](CCCC)(CCCC)OCCc1cc2c(cc1[C@H]1C(S(=O)(=O)c3ccccc3)=CC[C@H]1O[Si](CCCC)(CCCC)CCCC)OCO2. The lowest BCUT2D eigenvalue weighted by molar-refractivity contribution is 0.173. The van der Waals surface area contributed by atoms with Crippen LogP contribution in [0.2, 0.25) is 36.3 Å². The van der Waals surface area contributed by atoms with Gasteiger partial charge >= 0.3 is 0 Å². The Morgan fingerprint density at radius 3 is 1.68 bits per heavy atom. The van der Waals surface area contributed by atoms with Crippen LogP contribution in [0.1, 0.15) is 142 Å². The van der Waals surface area contributed by atoms with Gasteiger partial charge in [0.2, 0.25) is 16.6 Å². The molecule has 1 aliphatic heterocycles. The summed E-state index contributed by atoms with van der Waals surface area (Å²) in [7, 11) is -7.91. The Kier molecular flexibility index (Phi) is 18.2. The number of hydrogen-bond donors (Lipinski definition) is 0. The molecular weight excluding hydrogens is 713 g/mol. The number of sulfone groups is 1. The Morgan fingerprint density at radius 1 is 0.679 bits per heavy atom. The molecule has 2 atom stereocenters. The lowest BCUT2D eigenvalue weighted by atomic mass is 9.90. The monoisotopic (exact) mass is 784 g/mol. The molecule has 53 heavy (non-hydrogen) atoms. The van der Waals surface area contributed by atoms with E-state index >= 15 is 0 Å². The Hall–Kier alpha value is -1.92. The molecule has 0 saturated heterocycles. The molecule has 0 amide bonds. The van der Waals surface area contributed by atoms with Crippen molar-refractivity contribution in [1.29, 1.82) is 0 Å². The fourth-order valence-electron chi connectivity index (χ4n) is 8.50. The first-order valence-corrected chi connectivity index (χ1v) is 28.0. The Balaban J connectivity index is 1.79. The fraction of sp³-hybridized carbons (Fsp3) is 0.682. The number of fused-ring (bicyclic) bond motifs is 1. The number of rotatable bonds is 27. The van der Waals surface area contributed by atoms with Crippen LogP contribution in [0.3, 0.4) is 0 Å². The van der Waals surface area contributed by atoms with Gasteiger partial charge in [0, 0.05) is 12.5 Å². The van der Waals surface area contributed by atoms with E-state index in [1.54, 1.807) is 12.1 Å². The molecule has 0 aromatic heterocycles. The molecule has 4 rings (SSSR count). The van der Waals surface area contributed by atoms with Crippen LogP contribution < -0.4 is 9.47 Å². The second-order valence-electron chi connectivity index (χ2n) is 15.8. The van der Waals surface area contributed by atoms with E-state index in [1.807, 2.05) is 24.3 Å². The van der Waals surface area contributed by atoms with Crippen molar-refractivity contribution >= 4 is 26.5 Å². The van der Waals surface area contributed by atoms with E-state index in [0.717, 1.165) is 73.5 Å². The largest absolute Gasteiger partial charge is 0.454 e. The highest BCUT2D eigenvalue weighted by molar-refractivity contribution is 7.95. The second kappa shape index (κ2) is 22.0. The summed E-state index contributed by atoms with van der Waals surface area (Å²) in [6, 6.07) is 20.2. The minimum atomic E-state index is -3.78. The van der Waals surface area contributed by atoms with E-state index in [9.17, 15) is 8.42 Å². The summed E-state index contributed by atoms with van der Waals surface area (Å²) in [5.41, 5.74) is 2.09. The maximum atomic E-state index is 14.6. The van der Waals surface area contributed by atoms with Crippen molar-refractivity contribution in [2.45, 2.75) is 185 Å². The number of hydrogen-bond acceptors (Lipinski definition) is 6. The quantitative estimate of drug-likeness (QED) is 0.0840. The van der Waals surface area contributed by atoms with Gasteiger partial charge in [0.15, 0.2) is 28.1 Å². The van der Waals surface area contributed by atoms with Crippen LogP contribution in [-0.2, 0) is 25.1 Å². The predicted molar refractivity (Wildman–Crippen MR) is 226 cm³/mol. The van der Waals surface area contributed by atoms with Gasteiger partial charge in [0.1, 0.15) is 0 Å². The zero-order valence-electron chi connectivity index (χ0n) is 34.2. The molecule has 1 aliphatic carbocycles. The van der Waals surface area contributed by atoms with Crippen LogP contribution in [0.25, 0.3) is 0 Å². The van der Waals surface area contributed by atoms with Gasteiger partial charge in [-0.15, -0.1) is 0 Å². The van der Waals surface area contributed by atoms with Crippen molar-refractivity contribution in [2.75, 3.05) is 13.4 Å². The van der Waals surface area contributed by atoms with Gasteiger partial charge in [0.05, 0.1) is 15.9 Å². The summed E-state index contributed by atoms with van der Waals surface area (Å²) in [5, 5.41) is 0. The van der Waals surface area contributed by atoms with Gasteiger partial charge in [0.25, 0.3) is 0 Å². The number of ether oxygens (including phenoxy) is 2. The van der Waals surface area contributed by atoms with Crippen molar-refractivity contribution in [2.24, 2.45) is 0 Å². The van der Waals surface area contributed by atoms with E-state index in [1.165, 1.54) is 56.7 Å². The van der Waals surface area contributed by atoms with Gasteiger partial charge in [-0.25, -0.2) is 8.42 Å². The van der Waals surface area contributed by atoms with Crippen LogP contribution in [0.15, 0.2) is 58.3 Å². The van der Waals surface area contributed by atoms with Gasteiger partial charge < -0.3 is 18.3 Å². The minimum Gasteiger partial charge on any atom is -0.454 e. The maximum absolute atomic E-state index is 14.6. The zero-order valence-corrected chi connectivity index (χ0v) is 37.0. The van der Waals surface area contributed by atoms with Crippen molar-refractivity contribution < 1.29 is 26.7 Å². The molecular formula is C44H72O6SSi2. The molecule has 298 valence electrons. The van der Waals surface area contributed by atoms with E-state index in [4.69, 9.17) is 18.3 Å². The van der Waals surface area contributed by atoms with Crippen LogP contribution in [0.4, 0.5) is 0 Å². The van der Waals surface area contributed by atoms with Gasteiger partial charge in [-0.1, -0.05) is 143 Å². The summed E-state index contributed by atoms with van der Waals surface area (Å²) >= 11 is 0. The highest BCUT2D eigenvalue weighted by Crippen LogP contribution is 2.49. The summed E-state index contributed by atoms with van der Waals surface area (Å²) < 4.78 is 56.1. The van der Waals surface area contributed by atoms with Crippen LogP contribution in [-0.4, -0.2) is 44.6 Å². The molecule has 0 spiro atoms. The highest BCUT2D eigenvalue weighted by Gasteiger charge is 2.45. The van der Waals surface area contributed by atoms with Crippen LogP contribution >= 0.6 is 0 Å². The normalized spacial score (nSPS) is 17.4. The molecule has 2 aliphatic rings. The summed E-state index contributed by atoms with van der Waals surface area (Å²) in [6.45, 7) is 14.5. The highest BCUT2D eigenvalue weighted by atomic mass is 32.2. The second-order valence-corrected chi connectivity index (χ2v) is 26.0. The van der Waals surface area contributed by atoms with Crippen molar-refractivity contribution in [3.63, 3.8) is 0 Å². The van der Waals surface area contributed by atoms with E-state index in [-0.39, 0.29) is 12.9 Å². The van der Waals surface area contributed by atoms with Crippen molar-refractivity contribution in [1.82, 2.24) is 0 Å². The third kappa shape index (κ3) is 11.8. The van der Waals surface area contributed by atoms with Gasteiger partial charge in [-0.2, -0.15) is 0 Å². The topological polar surface area (TPSA) is 71.1 Å². The number of unbranched alkanes of at least 4 members (excludes halogenated alkanes) is 6. The molecule has 0 bridgehead atoms. The van der Waals surface area contributed by atoms with Crippen LogP contribution in [0, 0.1) is 0 Å². The van der Waals surface area contributed by atoms with Crippen LogP contribution in [0.5, 0.6) is 11.5 Å². The fourth-order valence-corrected chi connectivity index (χ4v) is 19.9. The lowest BCUT2D eigenvalue weighted by Gasteiger charge is -2.38. The van der Waals surface area contributed by atoms with Crippen molar-refractivity contribution in [3.8, 4) is 11.5 Å². The standard InChI is InChI=1S/C44H72O6SSi2/c1-7-13-28-52(29-14-8-2,30-15-9-3)49-27-26-37-34-41-42(48-36-47-41)35-39(37)44-40(24-25-43(44)51(45,46)38-22-20-19-21-23-38)50-53(31-16-10-4,32-17-11-5)33-18-12-6/h19-23,25,34-35,40,44H,7-18,24,26-33,36H2,1-6H3/t40-,44-/m1/s1. The predicted octanol–water partition coefficient (Wildman–Crippen LogP) is 12.9. The molecule has 0 fully saturated rings. The summed E-state index contributed by atoms with van der Waals surface area (Å²) in [4.78, 5) is 0.809. The Labute approximate surface area is 326 Å². The number of benzene rings is 2. The van der Waals surface area contributed by atoms with E-state index in [2.05, 4.69) is 53.7 Å². The first-order chi connectivity index (χ1) is 25.7. The minimum absolute atomic E-state index is 0.173. The third-order valence-electron chi connectivity index (χ3n) is 11.7. The first-order valence-electron chi connectivity index (χ1n) is 21.5. The smallest absolute Gasteiger partial charge is 0.231 e. The van der Waals surface area contributed by atoms with Gasteiger partial charge in [-0.3, -0.25) is 0 Å². The molecule has 6 nitrogen and oxygen atoms in total. The third-order valence-corrected chi connectivity index (χ3v) is 22.8. The zero-order chi connectivity index (χ0) is 38.2. The van der Waals surface area contributed by atoms with E-state index < -0.39 is 32.4 Å². The first kappa shape index (κ1) is 43.8. The Morgan fingerprint density at radius 2 is 1.17 bits per heavy atom. The molecule has 0 saturated carbocycles. The molecule has 2 aromatic carbocycles. The average Bonchev–Trinajstić information content (AvgIpc) is 3.82. The summed E-state index contributed by atoms with van der Waals surface area (Å²) in [5.74, 6) is 0.999. The van der Waals surface area contributed by atoms with Crippen molar-refractivity contribution in [3.05, 3.63) is 64.6 Å². The Bertz CT molecular complexity index is 1470. The maximum Gasteiger partial charge on any atom is 0.231 e. The summed E-state index contributed by atoms with van der Waals surface area (Å²) in [6.07, 6.45) is 17.2. The molecule has 0 N–H and O–H groups in total. The van der Waals surface area contributed by atoms with Gasteiger partial charge in [-0.05, 0) is 84.5 Å². The molecule has 0 radical (unpaired) electrons. The molecule has 9 heteroatoms. The average molecular weight is 785 g/mol.